The molecule has 4 atom stereocenters. The minimum atomic E-state index is -3.17. The van der Waals surface area contributed by atoms with Gasteiger partial charge in [0, 0.05) is 18.6 Å². The van der Waals surface area contributed by atoms with Crippen molar-refractivity contribution in [2.45, 2.75) is 43.3 Å². The van der Waals surface area contributed by atoms with Gasteiger partial charge in [-0.05, 0) is 49.7 Å². The number of phenols is 1. The van der Waals surface area contributed by atoms with Crippen LogP contribution in [0, 0.1) is 6.92 Å². The first kappa shape index (κ1) is 24.9. The van der Waals surface area contributed by atoms with E-state index in [0.717, 1.165) is 5.76 Å². The molecule has 11 heteroatoms. The van der Waals surface area contributed by atoms with E-state index >= 15 is 0 Å². The molecule has 0 radical (unpaired) electrons. The first-order chi connectivity index (χ1) is 16.6. The van der Waals surface area contributed by atoms with Gasteiger partial charge in [-0.15, -0.1) is 0 Å². The molecule has 0 amide bonds. The van der Waals surface area contributed by atoms with Crippen LogP contribution in [0.5, 0.6) is 5.75 Å². The highest BCUT2D eigenvalue weighted by Crippen LogP contribution is 2.39. The van der Waals surface area contributed by atoms with Gasteiger partial charge in [0.05, 0.1) is 32.2 Å². The van der Waals surface area contributed by atoms with E-state index in [1.807, 2.05) is 26.0 Å². The normalized spacial score (nSPS) is 20.1. The van der Waals surface area contributed by atoms with E-state index in [-0.39, 0.29) is 21.6 Å². The number of nitrogens with one attached hydrogen (secondary N) is 2. The minimum Gasteiger partial charge on any atom is -0.504 e. The van der Waals surface area contributed by atoms with Crippen LogP contribution in [0.2, 0.25) is 5.02 Å². The number of hydrogen-bond acceptors (Lipinski definition) is 9. The molecule has 4 rings (SSSR count). The number of hydrogen-bond donors (Lipinski definition) is 3. The lowest BCUT2D eigenvalue weighted by Crippen LogP contribution is -2.67. The van der Waals surface area contributed by atoms with Crippen molar-refractivity contribution in [3.63, 3.8) is 0 Å². The number of pyridine rings is 1. The Morgan fingerprint density at radius 1 is 1.14 bits per heavy atom. The lowest BCUT2D eigenvalue weighted by Gasteiger charge is -2.37. The van der Waals surface area contributed by atoms with Crippen LogP contribution in [0.4, 0.5) is 11.4 Å². The van der Waals surface area contributed by atoms with Crippen LogP contribution in [-0.4, -0.2) is 44.2 Å². The summed E-state index contributed by atoms with van der Waals surface area (Å²) in [6.45, 7) is 3.76. The number of aromatic hydroxyl groups is 1. The van der Waals surface area contributed by atoms with E-state index in [1.54, 1.807) is 12.1 Å². The Kier molecular flexibility index (Phi) is 6.98. The maximum atomic E-state index is 13.4. The predicted molar refractivity (Wildman–Crippen MR) is 133 cm³/mol. The third kappa shape index (κ3) is 4.95. The van der Waals surface area contributed by atoms with Crippen molar-refractivity contribution in [1.29, 1.82) is 0 Å². The maximum Gasteiger partial charge on any atom is 0.224 e. The minimum absolute atomic E-state index is 0.0586. The van der Waals surface area contributed by atoms with E-state index in [1.165, 1.54) is 30.8 Å². The zero-order valence-electron chi connectivity index (χ0n) is 19.3. The Labute approximate surface area is 208 Å². The second-order valence-electron chi connectivity index (χ2n) is 8.28. The van der Waals surface area contributed by atoms with Crippen molar-refractivity contribution in [3.8, 4) is 5.75 Å². The van der Waals surface area contributed by atoms with Crippen molar-refractivity contribution in [3.05, 3.63) is 65.3 Å². The fourth-order valence-corrected chi connectivity index (χ4v) is 6.03. The Hall–Kier alpha value is -3.21. The molecule has 184 valence electrons. The molecule has 1 saturated carbocycles. The Morgan fingerprint density at radius 2 is 1.83 bits per heavy atom. The number of aryl methyl sites for hydroxylation is 1. The number of benzene rings is 1. The van der Waals surface area contributed by atoms with Crippen molar-refractivity contribution in [1.82, 2.24) is 10.3 Å². The molecule has 1 fully saturated rings. The number of halogens is 1. The summed E-state index contributed by atoms with van der Waals surface area (Å²) < 4.78 is 23.4. The summed E-state index contributed by atoms with van der Waals surface area (Å²) in [5, 5.41) is 17.1. The SMILES string of the molecule is CC[C@@H](NC1C(=O)C(=O)C1Nc1ccc(Cl)c(S(C)(=O)=Nc2ccncc2)c1O)c1ccc(C)o1. The first-order valence-electron chi connectivity index (χ1n) is 10.9. The van der Waals surface area contributed by atoms with Gasteiger partial charge in [0.2, 0.25) is 11.6 Å². The number of anilines is 1. The Bertz CT molecular complexity index is 1400. The number of carbonyl (C=O) groups is 2. The summed E-state index contributed by atoms with van der Waals surface area (Å²) in [7, 11) is -3.17. The van der Waals surface area contributed by atoms with E-state index in [2.05, 4.69) is 20.0 Å². The number of furan rings is 1. The summed E-state index contributed by atoms with van der Waals surface area (Å²) in [5.74, 6) is -0.185. The molecular weight excluding hydrogens is 492 g/mol. The molecule has 0 bridgehead atoms. The Morgan fingerprint density at radius 3 is 2.46 bits per heavy atom. The average molecular weight is 517 g/mol. The largest absolute Gasteiger partial charge is 0.504 e. The number of phenolic OH excluding ortho intramolecular Hbond substituents is 1. The van der Waals surface area contributed by atoms with Crippen molar-refractivity contribution >= 4 is 44.3 Å². The fourth-order valence-electron chi connectivity index (χ4n) is 3.93. The highest BCUT2D eigenvalue weighted by Gasteiger charge is 2.50. The lowest BCUT2D eigenvalue weighted by molar-refractivity contribution is -0.145. The van der Waals surface area contributed by atoms with Crippen LogP contribution >= 0.6 is 11.6 Å². The van der Waals surface area contributed by atoms with Crippen LogP contribution in [0.3, 0.4) is 0 Å². The summed E-state index contributed by atoms with van der Waals surface area (Å²) >= 11 is 6.29. The van der Waals surface area contributed by atoms with Gasteiger partial charge in [0.15, 0.2) is 5.75 Å². The highest BCUT2D eigenvalue weighted by atomic mass is 35.5. The molecule has 0 saturated heterocycles. The van der Waals surface area contributed by atoms with Crippen molar-refractivity contribution in [2.24, 2.45) is 4.36 Å². The predicted octanol–water partition coefficient (Wildman–Crippen LogP) is 4.17. The first-order valence-corrected chi connectivity index (χ1v) is 13.2. The number of ketones is 2. The molecule has 1 aromatic carbocycles. The standard InChI is InChI=1S/C24H25ClN4O5S/c1-4-16(18-8-5-13(2)34-18)27-19-20(23(32)22(19)31)28-17-7-6-15(25)24(21(17)30)35(3,33)29-14-9-11-26-12-10-14/h5-12,16,19-20,27-28,30H,4H2,1-3H3/t16-,19?,20?,35?/m1/s1. The van der Waals surface area contributed by atoms with Gasteiger partial charge in [0.25, 0.3) is 0 Å². The Balaban J connectivity index is 1.62. The summed E-state index contributed by atoms with van der Waals surface area (Å²) in [5.41, 5.74) is 0.521. The van der Waals surface area contributed by atoms with Crippen LogP contribution in [0.1, 0.15) is 30.9 Å². The molecular formula is C24H25ClN4O5S. The average Bonchev–Trinajstić information content (AvgIpc) is 3.25. The van der Waals surface area contributed by atoms with E-state index in [9.17, 15) is 18.9 Å². The van der Waals surface area contributed by atoms with Gasteiger partial charge in [0.1, 0.15) is 28.5 Å². The molecule has 2 heterocycles. The molecule has 1 aliphatic carbocycles. The highest BCUT2D eigenvalue weighted by molar-refractivity contribution is 7.93. The fraction of sp³-hybridized carbons (Fsp3) is 0.292. The quantitative estimate of drug-likeness (QED) is 0.300. The van der Waals surface area contributed by atoms with Crippen LogP contribution < -0.4 is 10.6 Å². The number of nitrogens with zero attached hydrogens (tertiary/aromatic N) is 2. The van der Waals surface area contributed by atoms with Crippen molar-refractivity contribution in [2.75, 3.05) is 11.6 Å². The molecule has 3 aromatic rings. The van der Waals surface area contributed by atoms with Crippen molar-refractivity contribution < 1.29 is 23.3 Å². The van der Waals surface area contributed by atoms with Crippen LogP contribution in [0.25, 0.3) is 0 Å². The van der Waals surface area contributed by atoms with Crippen LogP contribution in [0.15, 0.2) is 62.5 Å². The summed E-state index contributed by atoms with van der Waals surface area (Å²) in [6, 6.07) is 7.69. The second-order valence-corrected chi connectivity index (χ2v) is 10.9. The molecule has 3 unspecified atom stereocenters. The second kappa shape index (κ2) is 9.80. The smallest absolute Gasteiger partial charge is 0.224 e. The molecule has 2 aromatic heterocycles. The lowest BCUT2D eigenvalue weighted by atomic mass is 9.82. The van der Waals surface area contributed by atoms with Gasteiger partial charge in [-0.1, -0.05) is 18.5 Å². The monoisotopic (exact) mass is 516 g/mol. The number of rotatable bonds is 8. The summed E-state index contributed by atoms with van der Waals surface area (Å²) in [4.78, 5) is 28.6. The van der Waals surface area contributed by atoms with E-state index in [0.29, 0.717) is 17.9 Å². The van der Waals surface area contributed by atoms with Gasteiger partial charge >= 0.3 is 0 Å². The van der Waals surface area contributed by atoms with E-state index in [4.69, 9.17) is 16.0 Å². The molecule has 35 heavy (non-hydrogen) atoms. The zero-order valence-corrected chi connectivity index (χ0v) is 20.9. The van der Waals surface area contributed by atoms with E-state index < -0.39 is 39.1 Å². The van der Waals surface area contributed by atoms with Gasteiger partial charge < -0.3 is 14.8 Å². The number of aromatic nitrogens is 1. The maximum absolute atomic E-state index is 13.4. The topological polar surface area (TPSA) is 134 Å². The molecule has 0 spiro atoms. The zero-order chi connectivity index (χ0) is 25.3. The summed E-state index contributed by atoms with van der Waals surface area (Å²) in [6.07, 6.45) is 5.00. The van der Waals surface area contributed by atoms with Gasteiger partial charge in [-0.3, -0.25) is 19.9 Å². The number of Topliss-reactive ketones (excluding diaryl/α,β-unsaturated/α-hetero) is 2. The van der Waals surface area contributed by atoms with Gasteiger partial charge in [-0.25, -0.2) is 4.21 Å². The third-order valence-electron chi connectivity index (χ3n) is 5.75. The molecule has 1 aliphatic rings. The third-order valence-corrected chi connectivity index (χ3v) is 7.91. The molecule has 3 N–H and O–H groups in total. The number of carbonyl (C=O) groups excluding carboxylic acids is 2. The van der Waals surface area contributed by atoms with Gasteiger partial charge in [-0.2, -0.15) is 4.36 Å². The molecule has 9 nitrogen and oxygen atoms in total. The van der Waals surface area contributed by atoms with Crippen LogP contribution in [-0.2, 0) is 19.3 Å². The molecule has 0 aliphatic heterocycles.